The first-order chi connectivity index (χ1) is 9.22. The highest BCUT2D eigenvalue weighted by Gasteiger charge is 2.23. The van der Waals surface area contributed by atoms with Gasteiger partial charge in [-0.25, -0.2) is 8.42 Å². The third-order valence-corrected chi connectivity index (χ3v) is 5.06. The summed E-state index contributed by atoms with van der Waals surface area (Å²) < 4.78 is 23.7. The largest absolute Gasteiger partial charge is 0.481 e. The Hall–Kier alpha value is -1.96. The van der Waals surface area contributed by atoms with E-state index >= 15 is 0 Å². The fourth-order valence-corrected chi connectivity index (χ4v) is 2.94. The monoisotopic (exact) mass is 301 g/mol. The van der Waals surface area contributed by atoms with E-state index in [9.17, 15) is 23.3 Å². The Bertz CT molecular complexity index is 593. The number of nitro groups is 1. The molecule has 0 aromatic heterocycles. The van der Waals surface area contributed by atoms with Crippen molar-refractivity contribution in [1.82, 2.24) is 0 Å². The Balaban J connectivity index is 2.66. The van der Waals surface area contributed by atoms with Crippen LogP contribution < -0.4 is 0 Å². The molecule has 1 rings (SSSR count). The van der Waals surface area contributed by atoms with Gasteiger partial charge in [0.15, 0.2) is 9.84 Å². The molecule has 0 bridgehead atoms. The van der Waals surface area contributed by atoms with E-state index in [-0.39, 0.29) is 17.9 Å². The van der Waals surface area contributed by atoms with Gasteiger partial charge in [0.2, 0.25) is 0 Å². The van der Waals surface area contributed by atoms with Gasteiger partial charge in [-0.15, -0.1) is 0 Å². The van der Waals surface area contributed by atoms with Crippen molar-refractivity contribution < 1.29 is 23.2 Å². The maximum atomic E-state index is 11.8. The van der Waals surface area contributed by atoms with Crippen molar-refractivity contribution in [2.75, 3.05) is 5.75 Å². The normalized spacial score (nSPS) is 12.8. The van der Waals surface area contributed by atoms with E-state index in [1.165, 1.54) is 31.2 Å². The summed E-state index contributed by atoms with van der Waals surface area (Å²) in [6, 6.07) is 5.61. The first-order valence-electron chi connectivity index (χ1n) is 5.89. The molecule has 1 aromatic carbocycles. The highest BCUT2D eigenvalue weighted by molar-refractivity contribution is 7.92. The molecule has 0 saturated heterocycles. The molecule has 8 heteroatoms. The number of benzene rings is 1. The number of aliphatic carboxylic acids is 1. The second-order valence-corrected chi connectivity index (χ2v) is 6.99. The summed E-state index contributed by atoms with van der Waals surface area (Å²) in [5.74, 6) is -1.34. The number of carboxylic acids is 1. The molecule has 0 aliphatic carbocycles. The standard InChI is InChI=1S/C12H15NO6S/c1-9(8-12(14)15)20(18,19)7-6-10-2-4-11(5-3-10)13(16)17/h2-5,9H,6-8H2,1H3,(H,14,15). The molecule has 1 atom stereocenters. The fourth-order valence-electron chi connectivity index (χ4n) is 1.62. The number of nitro benzene ring substituents is 1. The Kier molecular flexibility index (Phi) is 5.20. The lowest BCUT2D eigenvalue weighted by atomic mass is 10.1. The predicted molar refractivity (Wildman–Crippen MR) is 72.3 cm³/mol. The van der Waals surface area contributed by atoms with Crippen LogP contribution in [0.4, 0.5) is 5.69 Å². The molecule has 0 saturated carbocycles. The molecule has 0 heterocycles. The Morgan fingerprint density at radius 1 is 1.35 bits per heavy atom. The van der Waals surface area contributed by atoms with Crippen LogP contribution in [-0.4, -0.2) is 35.4 Å². The van der Waals surface area contributed by atoms with Crippen molar-refractivity contribution in [3.8, 4) is 0 Å². The third kappa shape index (κ3) is 4.61. The number of rotatable bonds is 7. The van der Waals surface area contributed by atoms with Gasteiger partial charge in [-0.1, -0.05) is 12.1 Å². The molecule has 7 nitrogen and oxygen atoms in total. The lowest BCUT2D eigenvalue weighted by molar-refractivity contribution is -0.384. The van der Waals surface area contributed by atoms with Crippen molar-refractivity contribution >= 4 is 21.5 Å². The minimum Gasteiger partial charge on any atom is -0.481 e. The van der Waals surface area contributed by atoms with Gasteiger partial charge >= 0.3 is 5.97 Å². The van der Waals surface area contributed by atoms with Gasteiger partial charge < -0.3 is 5.11 Å². The number of nitrogens with zero attached hydrogens (tertiary/aromatic N) is 1. The molecule has 0 spiro atoms. The number of hydrogen-bond acceptors (Lipinski definition) is 5. The van der Waals surface area contributed by atoms with Gasteiger partial charge in [0.25, 0.3) is 5.69 Å². The van der Waals surface area contributed by atoms with Crippen LogP contribution in [0.15, 0.2) is 24.3 Å². The van der Waals surface area contributed by atoms with Crippen molar-refractivity contribution in [1.29, 1.82) is 0 Å². The molecule has 110 valence electrons. The zero-order valence-electron chi connectivity index (χ0n) is 10.9. The van der Waals surface area contributed by atoms with Crippen LogP contribution in [0.25, 0.3) is 0 Å². The van der Waals surface area contributed by atoms with Crippen LogP contribution in [0, 0.1) is 10.1 Å². The summed E-state index contributed by atoms with van der Waals surface area (Å²) in [7, 11) is -3.49. The molecule has 1 aromatic rings. The summed E-state index contributed by atoms with van der Waals surface area (Å²) in [5, 5.41) is 18.1. The Labute approximate surface area is 116 Å². The topological polar surface area (TPSA) is 115 Å². The van der Waals surface area contributed by atoms with E-state index in [4.69, 9.17) is 5.11 Å². The van der Waals surface area contributed by atoms with E-state index in [1.54, 1.807) is 0 Å². The Morgan fingerprint density at radius 2 is 1.90 bits per heavy atom. The Morgan fingerprint density at radius 3 is 2.35 bits per heavy atom. The predicted octanol–water partition coefficient (Wildman–Crippen LogP) is 1.42. The molecule has 0 aliphatic heterocycles. The molecule has 0 aliphatic rings. The molecule has 1 N–H and O–H groups in total. The van der Waals surface area contributed by atoms with Gasteiger partial charge in [0.05, 0.1) is 22.3 Å². The van der Waals surface area contributed by atoms with Crippen LogP contribution in [0.1, 0.15) is 18.9 Å². The van der Waals surface area contributed by atoms with E-state index in [0.717, 1.165) is 0 Å². The second-order valence-electron chi connectivity index (χ2n) is 4.45. The number of carbonyl (C=O) groups is 1. The number of non-ortho nitro benzene ring substituents is 1. The second kappa shape index (κ2) is 6.47. The van der Waals surface area contributed by atoms with Crippen LogP contribution >= 0.6 is 0 Å². The lowest BCUT2D eigenvalue weighted by Crippen LogP contribution is -2.24. The zero-order valence-corrected chi connectivity index (χ0v) is 11.7. The molecular formula is C12H15NO6S. The van der Waals surface area contributed by atoms with Crippen LogP contribution in [0.2, 0.25) is 0 Å². The van der Waals surface area contributed by atoms with Crippen LogP contribution in [0.3, 0.4) is 0 Å². The number of aryl methyl sites for hydroxylation is 1. The van der Waals surface area contributed by atoms with Gasteiger partial charge in [-0.2, -0.15) is 0 Å². The summed E-state index contributed by atoms with van der Waals surface area (Å²) in [6.07, 6.45) is -0.229. The van der Waals surface area contributed by atoms with Gasteiger partial charge in [-0.05, 0) is 18.9 Å². The van der Waals surface area contributed by atoms with E-state index < -0.39 is 32.4 Å². The summed E-state index contributed by atoms with van der Waals surface area (Å²) >= 11 is 0. The zero-order chi connectivity index (χ0) is 15.3. The number of sulfone groups is 1. The highest BCUT2D eigenvalue weighted by Crippen LogP contribution is 2.14. The highest BCUT2D eigenvalue weighted by atomic mass is 32.2. The maximum Gasteiger partial charge on any atom is 0.304 e. The van der Waals surface area contributed by atoms with Crippen molar-refractivity contribution in [3.63, 3.8) is 0 Å². The average molecular weight is 301 g/mol. The van der Waals surface area contributed by atoms with Gasteiger partial charge in [0.1, 0.15) is 0 Å². The van der Waals surface area contributed by atoms with Gasteiger partial charge in [-0.3, -0.25) is 14.9 Å². The molecule has 0 fully saturated rings. The first kappa shape index (κ1) is 16.1. The van der Waals surface area contributed by atoms with E-state index in [2.05, 4.69) is 0 Å². The number of carboxylic acid groups (broad SMARTS) is 1. The van der Waals surface area contributed by atoms with E-state index in [0.29, 0.717) is 5.56 Å². The minimum absolute atomic E-state index is 0.0594. The van der Waals surface area contributed by atoms with Crippen molar-refractivity contribution in [2.45, 2.75) is 25.0 Å². The molecule has 1 unspecified atom stereocenters. The van der Waals surface area contributed by atoms with Gasteiger partial charge in [0, 0.05) is 12.1 Å². The molecule has 0 radical (unpaired) electrons. The summed E-state index contributed by atoms with van der Waals surface area (Å²) in [6.45, 7) is 1.36. The minimum atomic E-state index is -3.49. The smallest absolute Gasteiger partial charge is 0.304 e. The SMILES string of the molecule is CC(CC(=O)O)S(=O)(=O)CCc1ccc([N+](=O)[O-])cc1. The maximum absolute atomic E-state index is 11.8. The van der Waals surface area contributed by atoms with Crippen LogP contribution in [-0.2, 0) is 21.1 Å². The fraction of sp³-hybridized carbons (Fsp3) is 0.417. The average Bonchev–Trinajstić information content (AvgIpc) is 2.36. The summed E-state index contributed by atoms with van der Waals surface area (Å²) in [4.78, 5) is 20.4. The lowest BCUT2D eigenvalue weighted by Gasteiger charge is -2.10. The molecular weight excluding hydrogens is 286 g/mol. The van der Waals surface area contributed by atoms with Crippen molar-refractivity contribution in [2.24, 2.45) is 0 Å². The third-order valence-electron chi connectivity index (χ3n) is 2.90. The van der Waals surface area contributed by atoms with Crippen LogP contribution in [0.5, 0.6) is 0 Å². The number of hydrogen-bond donors (Lipinski definition) is 1. The van der Waals surface area contributed by atoms with Crippen molar-refractivity contribution in [3.05, 3.63) is 39.9 Å². The quantitative estimate of drug-likeness (QED) is 0.601. The summed E-state index contributed by atoms with van der Waals surface area (Å²) in [5.41, 5.74) is 0.595. The molecule has 0 amide bonds. The molecule has 20 heavy (non-hydrogen) atoms. The first-order valence-corrected chi connectivity index (χ1v) is 7.60. The van der Waals surface area contributed by atoms with E-state index in [1.807, 2.05) is 0 Å².